The summed E-state index contributed by atoms with van der Waals surface area (Å²) in [6.45, 7) is 3.98. The number of nitrogens with two attached hydrogens (primary N) is 1. The Morgan fingerprint density at radius 3 is 1.65 bits per heavy atom. The Kier molecular flexibility index (Phi) is 10.1. The van der Waals surface area contributed by atoms with Gasteiger partial charge < -0.3 is 15.4 Å². The summed E-state index contributed by atoms with van der Waals surface area (Å²) in [5.74, 6) is 6.37. The predicted molar refractivity (Wildman–Crippen MR) is 199 cm³/mol. The van der Waals surface area contributed by atoms with Crippen molar-refractivity contribution in [3.63, 3.8) is 0 Å². The largest absolute Gasteiger partial charge is 0.378 e. The summed E-state index contributed by atoms with van der Waals surface area (Å²) >= 11 is 2.22. The second-order valence-corrected chi connectivity index (χ2v) is 19.6. The number of anilines is 2. The van der Waals surface area contributed by atoms with E-state index < -0.39 is 0 Å². The number of ether oxygens (including phenoxy) is 1. The maximum Gasteiger partial charge on any atom is 0.0642 e. The molecule has 6 heteroatoms. The summed E-state index contributed by atoms with van der Waals surface area (Å²) in [6, 6.07) is 28.7. The minimum Gasteiger partial charge on any atom is -0.378 e. The van der Waals surface area contributed by atoms with Crippen molar-refractivity contribution >= 4 is 34.1 Å². The number of nitrogens with zero attached hydrogens (tertiary/aromatic N) is 1. The third kappa shape index (κ3) is 6.46. The van der Waals surface area contributed by atoms with E-state index in [1.165, 1.54) is 0 Å². The molecule has 12 rings (SSSR count). The van der Waals surface area contributed by atoms with Crippen LogP contribution in [0.2, 0.25) is 0 Å². The van der Waals surface area contributed by atoms with Gasteiger partial charge in [0, 0.05) is 24.1 Å². The Labute approximate surface area is 305 Å². The van der Waals surface area contributed by atoms with Crippen LogP contribution in [0.4, 0.5) is 11.4 Å². The molecule has 3 nitrogen and oxygen atoms in total. The average molecular weight is 774 g/mol. The van der Waals surface area contributed by atoms with Crippen molar-refractivity contribution in [3.05, 3.63) is 78.9 Å². The van der Waals surface area contributed by atoms with E-state index in [0.29, 0.717) is 10.3 Å². The van der Waals surface area contributed by atoms with Crippen molar-refractivity contribution in [2.75, 3.05) is 36.9 Å². The molecular formula is C42H52ClN2OPPd. The van der Waals surface area contributed by atoms with Crippen LogP contribution in [0, 0.1) is 41.6 Å². The number of benzene rings is 3. The second-order valence-electron chi connectivity index (χ2n) is 16.6. The molecule has 0 radical (unpaired) electrons. The average Bonchev–Trinajstić information content (AvgIpc) is 3.09. The third-order valence-electron chi connectivity index (χ3n) is 13.4. The normalized spacial score (nSPS) is 36.1. The summed E-state index contributed by atoms with van der Waals surface area (Å²) in [5, 5.41) is 3.18. The van der Waals surface area contributed by atoms with Crippen LogP contribution in [0.3, 0.4) is 0 Å². The van der Waals surface area contributed by atoms with Gasteiger partial charge >= 0.3 is 27.7 Å². The minimum absolute atomic E-state index is 0.132. The zero-order valence-corrected chi connectivity index (χ0v) is 31.5. The van der Waals surface area contributed by atoms with Gasteiger partial charge in [-0.1, -0.05) is 49.9 Å². The van der Waals surface area contributed by atoms with Gasteiger partial charge in [-0.2, -0.15) is 0 Å². The Bertz CT molecular complexity index is 1430. The Morgan fingerprint density at radius 2 is 1.15 bits per heavy atom. The molecule has 1 aliphatic heterocycles. The van der Waals surface area contributed by atoms with Gasteiger partial charge in [0.05, 0.1) is 13.2 Å². The molecule has 0 aromatic heterocycles. The summed E-state index contributed by atoms with van der Waals surface area (Å²) in [5.41, 5.74) is 10.3. The van der Waals surface area contributed by atoms with Crippen molar-refractivity contribution in [2.45, 2.75) is 87.4 Å². The number of morpholine rings is 1. The monoisotopic (exact) mass is 772 g/mol. The van der Waals surface area contributed by atoms with E-state index in [1.54, 1.807) is 82.7 Å². The molecule has 0 amide bonds. The fraction of sp³-hybridized carbons (Fsp3) is 0.571. The van der Waals surface area contributed by atoms with E-state index >= 15 is 0 Å². The third-order valence-corrected chi connectivity index (χ3v) is 17.2. The van der Waals surface area contributed by atoms with E-state index in [0.717, 1.165) is 78.6 Å². The van der Waals surface area contributed by atoms with Gasteiger partial charge in [0.2, 0.25) is 0 Å². The first kappa shape index (κ1) is 33.7. The van der Waals surface area contributed by atoms with Gasteiger partial charge in [-0.05, 0) is 141 Å². The van der Waals surface area contributed by atoms with Crippen LogP contribution in [0.5, 0.6) is 0 Å². The molecule has 8 aliphatic carbocycles. The van der Waals surface area contributed by atoms with Crippen LogP contribution in [0.15, 0.2) is 72.8 Å². The fourth-order valence-corrected chi connectivity index (χ4v) is 18.1. The molecule has 8 saturated carbocycles. The molecule has 0 unspecified atom stereocenters. The number of hydrogen-bond donors (Lipinski definition) is 1. The predicted octanol–water partition coefficient (Wildman–Crippen LogP) is 9.99. The van der Waals surface area contributed by atoms with E-state index in [2.05, 4.69) is 62.9 Å². The van der Waals surface area contributed by atoms with Crippen LogP contribution in [0.1, 0.15) is 77.0 Å². The first-order valence-corrected chi connectivity index (χ1v) is 22.1. The Morgan fingerprint density at radius 1 is 0.667 bits per heavy atom. The topological polar surface area (TPSA) is 38.5 Å². The Hall–Kier alpha value is -1.40. The summed E-state index contributed by atoms with van der Waals surface area (Å²) in [4.78, 5) is 2.72. The van der Waals surface area contributed by atoms with E-state index in [4.69, 9.17) is 10.5 Å². The molecule has 9 aliphatic rings. The zero-order valence-electron chi connectivity index (χ0n) is 28.3. The van der Waals surface area contributed by atoms with Gasteiger partial charge in [0.15, 0.2) is 0 Å². The summed E-state index contributed by atoms with van der Waals surface area (Å²) < 4.78 is 5.79. The van der Waals surface area contributed by atoms with E-state index in [-0.39, 0.29) is 7.92 Å². The molecule has 1 heterocycles. The van der Waals surface area contributed by atoms with Crippen LogP contribution in [-0.4, -0.2) is 36.6 Å². The van der Waals surface area contributed by atoms with Crippen LogP contribution in [0.25, 0.3) is 11.1 Å². The first-order valence-electron chi connectivity index (χ1n) is 18.7. The summed E-state index contributed by atoms with van der Waals surface area (Å²) in [7, 11) is 4.36. The molecule has 3 aromatic rings. The SMILES string of the molecule is Nc1ccccc1-c1[c-]cccc1.[Cl][Pd+].c1ccc(P(C23CC4CC(CC(C4)C2)C3)C23CC4CC(CC(C4)C2)C3)c(N2CCOCC2)c1. The number of para-hydroxylation sites is 2. The van der Waals surface area contributed by atoms with Gasteiger partial charge in [-0.25, -0.2) is 0 Å². The van der Waals surface area contributed by atoms with Crippen molar-refractivity contribution in [2.24, 2.45) is 35.5 Å². The minimum atomic E-state index is -0.132. The fourth-order valence-electron chi connectivity index (χ4n) is 12.7. The van der Waals surface area contributed by atoms with Gasteiger partial charge in [-0.3, -0.25) is 0 Å². The maximum absolute atomic E-state index is 5.83. The number of halogens is 1. The van der Waals surface area contributed by atoms with Crippen molar-refractivity contribution < 1.29 is 22.9 Å². The van der Waals surface area contributed by atoms with Crippen LogP contribution < -0.4 is 15.9 Å². The molecule has 3 aromatic carbocycles. The molecule has 8 bridgehead atoms. The first-order chi connectivity index (χ1) is 23.6. The van der Waals surface area contributed by atoms with Gasteiger partial charge in [-0.15, -0.1) is 35.9 Å². The molecule has 1 saturated heterocycles. The maximum atomic E-state index is 5.83. The number of nitrogen functional groups attached to an aromatic ring is 1. The van der Waals surface area contributed by atoms with Crippen LogP contribution >= 0.6 is 17.5 Å². The Balaban J connectivity index is 0.000000189. The van der Waals surface area contributed by atoms with Crippen molar-refractivity contribution in [3.8, 4) is 11.1 Å². The molecule has 0 atom stereocenters. The zero-order chi connectivity index (χ0) is 32.7. The molecule has 0 spiro atoms. The van der Waals surface area contributed by atoms with Crippen molar-refractivity contribution in [1.82, 2.24) is 0 Å². The number of rotatable bonds is 5. The van der Waals surface area contributed by atoms with Crippen molar-refractivity contribution in [1.29, 1.82) is 0 Å². The van der Waals surface area contributed by atoms with E-state index in [9.17, 15) is 0 Å². The molecule has 9 fully saturated rings. The standard InChI is InChI=1S/C30H42NOP.C12H10N.ClH.Pd/c1-2-4-28(27(3-1)31-5-7-32-8-6-31)33(29-15-21-9-22(16-29)11-23(10-21)17-29)30-18-24-12-25(19-30)14-26(13-24)20-30;13-12-9-5-4-8-11(12)10-6-2-1-3-7-10;;/h1-4,21-26H,5-20H2;1-6,8-9H,13H2;1H;/q;-1;;+2/p-1. The number of hydrogen-bond acceptors (Lipinski definition) is 3. The molecule has 2 N–H and O–H groups in total. The smallest absolute Gasteiger partial charge is 0.0642 e. The van der Waals surface area contributed by atoms with Crippen LogP contribution in [-0.2, 0) is 22.9 Å². The molecule has 258 valence electrons. The van der Waals surface area contributed by atoms with Gasteiger partial charge in [0.1, 0.15) is 0 Å². The quantitative estimate of drug-likeness (QED) is 0.122. The molecule has 48 heavy (non-hydrogen) atoms. The second kappa shape index (κ2) is 14.3. The summed E-state index contributed by atoms with van der Waals surface area (Å²) in [6.07, 6.45) is 19.0. The van der Waals surface area contributed by atoms with E-state index in [1.807, 2.05) is 53.8 Å². The molecular weight excluding hydrogens is 721 g/mol. The van der Waals surface area contributed by atoms with Gasteiger partial charge in [0.25, 0.3) is 0 Å².